The van der Waals surface area contributed by atoms with Crippen molar-refractivity contribution >= 4 is 17.3 Å². The van der Waals surface area contributed by atoms with Crippen LogP contribution in [0.5, 0.6) is 0 Å². The highest BCUT2D eigenvalue weighted by atomic mass is 32.1. The van der Waals surface area contributed by atoms with Gasteiger partial charge in [-0.05, 0) is 19.4 Å². The molecule has 0 unspecified atom stereocenters. The minimum Gasteiger partial charge on any atom is -0.480 e. The van der Waals surface area contributed by atoms with Crippen molar-refractivity contribution in [3.63, 3.8) is 0 Å². The van der Waals surface area contributed by atoms with Gasteiger partial charge < -0.3 is 5.11 Å². The Kier molecular flexibility index (Phi) is 5.46. The van der Waals surface area contributed by atoms with Crippen molar-refractivity contribution in [2.45, 2.75) is 26.4 Å². The van der Waals surface area contributed by atoms with Crippen molar-refractivity contribution in [1.82, 2.24) is 14.8 Å². The third-order valence-electron chi connectivity index (χ3n) is 4.57. The van der Waals surface area contributed by atoms with E-state index in [0.717, 1.165) is 30.3 Å². The van der Waals surface area contributed by atoms with Gasteiger partial charge >= 0.3 is 5.97 Å². The van der Waals surface area contributed by atoms with Gasteiger partial charge in [-0.1, -0.05) is 18.2 Å². The molecule has 3 rings (SSSR count). The predicted octanol–water partition coefficient (Wildman–Crippen LogP) is 2.84. The van der Waals surface area contributed by atoms with E-state index < -0.39 is 17.8 Å². The van der Waals surface area contributed by atoms with Crippen LogP contribution in [0.3, 0.4) is 0 Å². The number of thiazole rings is 1. The maximum absolute atomic E-state index is 14.4. The van der Waals surface area contributed by atoms with Crippen LogP contribution in [0.25, 0.3) is 0 Å². The molecule has 1 N–H and O–H groups in total. The van der Waals surface area contributed by atoms with Gasteiger partial charge in [-0.2, -0.15) is 0 Å². The Morgan fingerprint density at radius 1 is 1.32 bits per heavy atom. The van der Waals surface area contributed by atoms with Gasteiger partial charge in [-0.25, -0.2) is 9.37 Å². The zero-order valence-electron chi connectivity index (χ0n) is 14.4. The Labute approximate surface area is 150 Å². The van der Waals surface area contributed by atoms with E-state index >= 15 is 0 Å². The number of hydrogen-bond acceptors (Lipinski definition) is 5. The summed E-state index contributed by atoms with van der Waals surface area (Å²) in [4.78, 5) is 20.4. The highest BCUT2D eigenvalue weighted by molar-refractivity contribution is 7.09. The molecule has 0 amide bonds. The first-order valence-electron chi connectivity index (χ1n) is 8.31. The summed E-state index contributed by atoms with van der Waals surface area (Å²) in [7, 11) is 0. The molecule has 1 aromatic heterocycles. The summed E-state index contributed by atoms with van der Waals surface area (Å²) in [5, 5.41) is 12.8. The average molecular weight is 363 g/mol. The quantitative estimate of drug-likeness (QED) is 0.885. The van der Waals surface area contributed by atoms with E-state index in [-0.39, 0.29) is 5.56 Å². The lowest BCUT2D eigenvalue weighted by Gasteiger charge is -2.37. The first-order chi connectivity index (χ1) is 12.0. The molecule has 0 bridgehead atoms. The van der Waals surface area contributed by atoms with Crippen molar-refractivity contribution < 1.29 is 14.3 Å². The lowest BCUT2D eigenvalue weighted by molar-refractivity contribution is -0.144. The van der Waals surface area contributed by atoms with Crippen LogP contribution in [-0.2, 0) is 11.3 Å². The summed E-state index contributed by atoms with van der Waals surface area (Å²) >= 11 is 1.63. The van der Waals surface area contributed by atoms with E-state index in [1.165, 1.54) is 0 Å². The number of carboxylic acid groups (broad SMARTS) is 1. The summed E-state index contributed by atoms with van der Waals surface area (Å²) < 4.78 is 14.4. The molecule has 0 radical (unpaired) electrons. The number of rotatable bonds is 5. The van der Waals surface area contributed by atoms with Crippen LogP contribution in [0.15, 0.2) is 23.6 Å². The summed E-state index contributed by atoms with van der Waals surface area (Å²) in [6, 6.07) is 4.00. The van der Waals surface area contributed by atoms with Crippen LogP contribution >= 0.6 is 11.3 Å². The molecule has 1 atom stereocenters. The molecule has 1 fully saturated rings. The monoisotopic (exact) mass is 363 g/mol. The van der Waals surface area contributed by atoms with Crippen molar-refractivity contribution in [3.05, 3.63) is 51.2 Å². The fourth-order valence-corrected chi connectivity index (χ4v) is 3.86. The standard InChI is InChI=1S/C18H22FN3O2S/c1-12-4-3-5-15(16(12)19)17(18(23)24)22-8-6-21(7-9-22)10-14-11-25-13(2)20-14/h3-5,11,17H,6-10H2,1-2H3,(H,23,24)/t17-/m0/s1. The number of aliphatic carboxylic acids is 1. The Balaban J connectivity index is 1.69. The second kappa shape index (κ2) is 7.59. The number of nitrogens with zero attached hydrogens (tertiary/aromatic N) is 3. The van der Waals surface area contributed by atoms with E-state index in [0.29, 0.717) is 18.7 Å². The molecule has 1 aliphatic rings. The lowest BCUT2D eigenvalue weighted by Crippen LogP contribution is -2.49. The van der Waals surface area contributed by atoms with E-state index in [1.54, 1.807) is 36.5 Å². The Morgan fingerprint density at radius 2 is 2.04 bits per heavy atom. The van der Waals surface area contributed by atoms with Gasteiger partial charge in [-0.3, -0.25) is 14.6 Å². The van der Waals surface area contributed by atoms with Crippen molar-refractivity contribution in [1.29, 1.82) is 0 Å². The average Bonchev–Trinajstić information content (AvgIpc) is 2.98. The molecule has 0 saturated carbocycles. The van der Waals surface area contributed by atoms with Crippen LogP contribution in [0.1, 0.15) is 27.9 Å². The molecule has 134 valence electrons. The Bertz CT molecular complexity index is 757. The van der Waals surface area contributed by atoms with E-state index in [9.17, 15) is 14.3 Å². The first-order valence-corrected chi connectivity index (χ1v) is 9.19. The molecule has 7 heteroatoms. The molecule has 1 aromatic carbocycles. The normalized spacial score (nSPS) is 17.6. The van der Waals surface area contributed by atoms with Gasteiger partial charge in [-0.15, -0.1) is 11.3 Å². The van der Waals surface area contributed by atoms with Crippen LogP contribution in [0.2, 0.25) is 0 Å². The van der Waals surface area contributed by atoms with Crippen LogP contribution < -0.4 is 0 Å². The largest absolute Gasteiger partial charge is 0.480 e. The Morgan fingerprint density at radius 3 is 2.64 bits per heavy atom. The number of hydrogen-bond donors (Lipinski definition) is 1. The van der Waals surface area contributed by atoms with Gasteiger partial charge in [0.15, 0.2) is 0 Å². The van der Waals surface area contributed by atoms with Gasteiger partial charge in [0.25, 0.3) is 0 Å². The molecule has 0 aliphatic carbocycles. The summed E-state index contributed by atoms with van der Waals surface area (Å²) in [5.41, 5.74) is 1.77. The lowest BCUT2D eigenvalue weighted by atomic mass is 10.0. The summed E-state index contributed by atoms with van der Waals surface area (Å²) in [6.45, 7) is 7.09. The zero-order chi connectivity index (χ0) is 18.0. The van der Waals surface area contributed by atoms with Crippen molar-refractivity contribution in [2.24, 2.45) is 0 Å². The first kappa shape index (κ1) is 18.0. The molecule has 1 saturated heterocycles. The number of benzene rings is 1. The maximum atomic E-state index is 14.4. The molecule has 25 heavy (non-hydrogen) atoms. The molecule has 2 heterocycles. The third-order valence-corrected chi connectivity index (χ3v) is 5.40. The van der Waals surface area contributed by atoms with E-state index in [2.05, 4.69) is 15.3 Å². The number of carbonyl (C=O) groups is 1. The second-order valence-corrected chi connectivity index (χ2v) is 7.45. The topological polar surface area (TPSA) is 56.7 Å². The fourth-order valence-electron chi connectivity index (χ4n) is 3.26. The molecule has 1 aliphatic heterocycles. The van der Waals surface area contributed by atoms with Crippen LogP contribution in [0.4, 0.5) is 4.39 Å². The van der Waals surface area contributed by atoms with Gasteiger partial charge in [0.1, 0.15) is 11.9 Å². The molecular formula is C18H22FN3O2S. The minimum absolute atomic E-state index is 0.246. The van der Waals surface area contributed by atoms with Gasteiger partial charge in [0, 0.05) is 43.7 Å². The molecule has 0 spiro atoms. The van der Waals surface area contributed by atoms with E-state index in [4.69, 9.17) is 0 Å². The fraction of sp³-hybridized carbons (Fsp3) is 0.444. The highest BCUT2D eigenvalue weighted by Gasteiger charge is 2.32. The minimum atomic E-state index is -1.01. The number of piperazine rings is 1. The summed E-state index contributed by atoms with van der Waals surface area (Å²) in [6.07, 6.45) is 0. The third kappa shape index (κ3) is 4.05. The van der Waals surface area contributed by atoms with Gasteiger partial charge in [0.2, 0.25) is 0 Å². The predicted molar refractivity (Wildman–Crippen MR) is 95.2 cm³/mol. The smallest absolute Gasteiger partial charge is 0.325 e. The molecular weight excluding hydrogens is 341 g/mol. The molecule has 2 aromatic rings. The molecule has 5 nitrogen and oxygen atoms in total. The number of aromatic nitrogens is 1. The van der Waals surface area contributed by atoms with Gasteiger partial charge in [0.05, 0.1) is 10.7 Å². The summed E-state index contributed by atoms with van der Waals surface area (Å²) in [5.74, 6) is -1.43. The highest BCUT2D eigenvalue weighted by Crippen LogP contribution is 2.27. The SMILES string of the molecule is Cc1nc(CN2CCN([C@H](C(=O)O)c3cccc(C)c3F)CC2)cs1. The van der Waals surface area contributed by atoms with Crippen LogP contribution in [-0.4, -0.2) is 52.0 Å². The number of aryl methyl sites for hydroxylation is 2. The van der Waals surface area contributed by atoms with E-state index in [1.807, 2.05) is 11.8 Å². The number of halogens is 1. The van der Waals surface area contributed by atoms with Crippen molar-refractivity contribution in [2.75, 3.05) is 26.2 Å². The zero-order valence-corrected chi connectivity index (χ0v) is 15.2. The Hall–Kier alpha value is -1.83. The number of carboxylic acids is 1. The maximum Gasteiger partial charge on any atom is 0.325 e. The van der Waals surface area contributed by atoms with Crippen molar-refractivity contribution in [3.8, 4) is 0 Å². The second-order valence-electron chi connectivity index (χ2n) is 6.39. The van der Waals surface area contributed by atoms with Crippen LogP contribution in [0, 0.1) is 19.7 Å².